The van der Waals surface area contributed by atoms with Crippen molar-refractivity contribution in [3.8, 4) is 0 Å². The number of aromatic nitrogens is 2. The SMILES string of the molecule is CCn1c(C(c2ccccc2F)N2CCNCC2)nc2ccccc21. The van der Waals surface area contributed by atoms with Gasteiger partial charge in [0.2, 0.25) is 0 Å². The Kier molecular flexibility index (Phi) is 4.51. The van der Waals surface area contributed by atoms with Crippen molar-refractivity contribution in [3.63, 3.8) is 0 Å². The quantitative estimate of drug-likeness (QED) is 0.793. The molecule has 4 nitrogen and oxygen atoms in total. The molecule has 2 heterocycles. The van der Waals surface area contributed by atoms with Crippen molar-refractivity contribution in [1.82, 2.24) is 19.8 Å². The average molecular weight is 338 g/mol. The molecule has 5 heteroatoms. The highest BCUT2D eigenvalue weighted by molar-refractivity contribution is 5.76. The van der Waals surface area contributed by atoms with Gasteiger partial charge < -0.3 is 9.88 Å². The van der Waals surface area contributed by atoms with Crippen LogP contribution < -0.4 is 5.32 Å². The van der Waals surface area contributed by atoms with Crippen LogP contribution in [0, 0.1) is 5.82 Å². The number of rotatable bonds is 4. The molecule has 0 amide bonds. The maximum Gasteiger partial charge on any atom is 0.132 e. The molecule has 1 aromatic heterocycles. The van der Waals surface area contributed by atoms with E-state index >= 15 is 0 Å². The summed E-state index contributed by atoms with van der Waals surface area (Å²) in [5, 5.41) is 3.38. The van der Waals surface area contributed by atoms with Gasteiger partial charge in [0.15, 0.2) is 0 Å². The molecule has 1 saturated heterocycles. The van der Waals surface area contributed by atoms with Crippen LogP contribution in [0.5, 0.6) is 0 Å². The Balaban J connectivity index is 1.90. The number of fused-ring (bicyclic) bond motifs is 1. The first-order valence-corrected chi connectivity index (χ1v) is 8.94. The molecule has 0 spiro atoms. The molecule has 0 aliphatic carbocycles. The van der Waals surface area contributed by atoms with Gasteiger partial charge in [-0.15, -0.1) is 0 Å². The second kappa shape index (κ2) is 6.94. The van der Waals surface area contributed by atoms with Gasteiger partial charge in [-0.3, -0.25) is 4.90 Å². The van der Waals surface area contributed by atoms with Crippen molar-refractivity contribution in [3.05, 3.63) is 65.7 Å². The maximum atomic E-state index is 14.7. The van der Waals surface area contributed by atoms with Crippen molar-refractivity contribution in [2.45, 2.75) is 19.5 Å². The lowest BCUT2D eigenvalue weighted by molar-refractivity contribution is 0.186. The molecule has 3 aromatic rings. The van der Waals surface area contributed by atoms with Gasteiger partial charge in [-0.2, -0.15) is 0 Å². The molecule has 2 aromatic carbocycles. The topological polar surface area (TPSA) is 33.1 Å². The zero-order valence-electron chi connectivity index (χ0n) is 14.5. The first kappa shape index (κ1) is 16.2. The number of nitrogens with zero attached hydrogens (tertiary/aromatic N) is 3. The second-order valence-electron chi connectivity index (χ2n) is 6.41. The largest absolute Gasteiger partial charge is 0.327 e. The molecule has 0 saturated carbocycles. The number of piperazine rings is 1. The number of hydrogen-bond donors (Lipinski definition) is 1. The van der Waals surface area contributed by atoms with Crippen LogP contribution in [0.15, 0.2) is 48.5 Å². The number of benzene rings is 2. The van der Waals surface area contributed by atoms with E-state index in [9.17, 15) is 4.39 Å². The van der Waals surface area contributed by atoms with E-state index < -0.39 is 0 Å². The number of aryl methyl sites for hydroxylation is 1. The third kappa shape index (κ3) is 2.94. The molecule has 4 rings (SSSR count). The van der Waals surface area contributed by atoms with Crippen molar-refractivity contribution in [1.29, 1.82) is 0 Å². The lowest BCUT2D eigenvalue weighted by atomic mass is 10.0. The summed E-state index contributed by atoms with van der Waals surface area (Å²) in [6, 6.07) is 15.1. The minimum absolute atomic E-state index is 0.166. The van der Waals surface area contributed by atoms with E-state index in [1.165, 1.54) is 0 Å². The zero-order chi connectivity index (χ0) is 17.2. The summed E-state index contributed by atoms with van der Waals surface area (Å²) in [6.07, 6.45) is 0. The highest BCUT2D eigenvalue weighted by atomic mass is 19.1. The smallest absolute Gasteiger partial charge is 0.132 e. The van der Waals surface area contributed by atoms with Gasteiger partial charge in [0.05, 0.1) is 17.1 Å². The Morgan fingerprint density at radius 1 is 1.08 bits per heavy atom. The average Bonchev–Trinajstić information content (AvgIpc) is 3.02. The summed E-state index contributed by atoms with van der Waals surface area (Å²) < 4.78 is 16.9. The fourth-order valence-electron chi connectivity index (χ4n) is 3.77. The van der Waals surface area contributed by atoms with Crippen molar-refractivity contribution in [2.75, 3.05) is 26.2 Å². The van der Waals surface area contributed by atoms with Crippen LogP contribution in [0.25, 0.3) is 11.0 Å². The minimum Gasteiger partial charge on any atom is -0.327 e. The van der Waals surface area contributed by atoms with Crippen LogP contribution >= 0.6 is 0 Å². The van der Waals surface area contributed by atoms with Gasteiger partial charge in [-0.25, -0.2) is 9.37 Å². The van der Waals surface area contributed by atoms with Crippen molar-refractivity contribution >= 4 is 11.0 Å². The molecule has 1 aliphatic heterocycles. The molecule has 1 unspecified atom stereocenters. The monoisotopic (exact) mass is 338 g/mol. The first-order chi connectivity index (χ1) is 12.3. The van der Waals surface area contributed by atoms with E-state index in [4.69, 9.17) is 4.98 Å². The Hall–Kier alpha value is -2.24. The Morgan fingerprint density at radius 3 is 2.56 bits per heavy atom. The number of imidazole rings is 1. The molecule has 1 N–H and O–H groups in total. The van der Waals surface area contributed by atoms with Gasteiger partial charge in [0, 0.05) is 38.3 Å². The van der Waals surface area contributed by atoms with E-state index in [2.05, 4.69) is 27.8 Å². The summed E-state index contributed by atoms with van der Waals surface area (Å²) in [4.78, 5) is 7.25. The van der Waals surface area contributed by atoms with Gasteiger partial charge in [-0.05, 0) is 25.1 Å². The van der Waals surface area contributed by atoms with E-state index in [0.717, 1.165) is 49.6 Å². The predicted octanol–water partition coefficient (Wildman–Crippen LogP) is 3.19. The molecule has 0 bridgehead atoms. The van der Waals surface area contributed by atoms with Crippen LogP contribution in [-0.2, 0) is 6.54 Å². The number of hydrogen-bond acceptors (Lipinski definition) is 3. The molecule has 1 atom stereocenters. The maximum absolute atomic E-state index is 14.7. The number of halogens is 1. The highest BCUT2D eigenvalue weighted by Gasteiger charge is 2.30. The second-order valence-corrected chi connectivity index (χ2v) is 6.41. The summed E-state index contributed by atoms with van der Waals surface area (Å²) in [5.41, 5.74) is 2.78. The van der Waals surface area contributed by atoms with E-state index in [-0.39, 0.29) is 11.9 Å². The molecule has 0 radical (unpaired) electrons. The third-order valence-electron chi connectivity index (χ3n) is 4.96. The molecule has 25 heavy (non-hydrogen) atoms. The van der Waals surface area contributed by atoms with E-state index in [0.29, 0.717) is 5.56 Å². The van der Waals surface area contributed by atoms with Gasteiger partial charge in [0.1, 0.15) is 11.6 Å². The zero-order valence-corrected chi connectivity index (χ0v) is 14.5. The first-order valence-electron chi connectivity index (χ1n) is 8.94. The summed E-state index contributed by atoms with van der Waals surface area (Å²) in [6.45, 7) is 6.52. The van der Waals surface area contributed by atoms with Gasteiger partial charge in [0.25, 0.3) is 0 Å². The minimum atomic E-state index is -0.171. The molecule has 1 fully saturated rings. The molecule has 1 aliphatic rings. The predicted molar refractivity (Wildman–Crippen MR) is 98.1 cm³/mol. The van der Waals surface area contributed by atoms with Crippen LogP contribution in [0.3, 0.4) is 0 Å². The van der Waals surface area contributed by atoms with E-state index in [1.807, 2.05) is 30.3 Å². The Morgan fingerprint density at radius 2 is 1.80 bits per heavy atom. The summed E-state index contributed by atoms with van der Waals surface area (Å²) in [5.74, 6) is 0.761. The van der Waals surface area contributed by atoms with Crippen LogP contribution in [0.2, 0.25) is 0 Å². The van der Waals surface area contributed by atoms with Crippen molar-refractivity contribution in [2.24, 2.45) is 0 Å². The van der Waals surface area contributed by atoms with Crippen LogP contribution in [0.4, 0.5) is 4.39 Å². The Labute approximate surface area is 147 Å². The van der Waals surface area contributed by atoms with Crippen LogP contribution in [0.1, 0.15) is 24.4 Å². The molecule has 130 valence electrons. The van der Waals surface area contributed by atoms with Gasteiger partial charge >= 0.3 is 0 Å². The third-order valence-corrected chi connectivity index (χ3v) is 4.96. The van der Waals surface area contributed by atoms with Crippen molar-refractivity contribution < 1.29 is 4.39 Å². The summed E-state index contributed by atoms with van der Waals surface area (Å²) >= 11 is 0. The normalized spacial score (nSPS) is 17.0. The fourth-order valence-corrected chi connectivity index (χ4v) is 3.77. The fraction of sp³-hybridized carbons (Fsp3) is 0.350. The Bertz CT molecular complexity index is 867. The highest BCUT2D eigenvalue weighted by Crippen LogP contribution is 2.32. The lowest BCUT2D eigenvalue weighted by Crippen LogP contribution is -2.46. The molecular formula is C20H23FN4. The molecular weight excluding hydrogens is 315 g/mol. The van der Waals surface area contributed by atoms with Gasteiger partial charge in [-0.1, -0.05) is 30.3 Å². The van der Waals surface area contributed by atoms with E-state index in [1.54, 1.807) is 12.1 Å². The van der Waals surface area contributed by atoms with Crippen LogP contribution in [-0.4, -0.2) is 40.6 Å². The standard InChI is InChI=1S/C20H23FN4/c1-2-25-18-10-6-5-9-17(18)23-20(25)19(24-13-11-22-12-14-24)15-7-3-4-8-16(15)21/h3-10,19,22H,2,11-14H2,1H3. The lowest BCUT2D eigenvalue weighted by Gasteiger charge is -2.35. The summed E-state index contributed by atoms with van der Waals surface area (Å²) in [7, 11) is 0. The number of nitrogens with one attached hydrogen (secondary N) is 1. The number of para-hydroxylation sites is 2.